The van der Waals surface area contributed by atoms with Gasteiger partial charge in [-0.3, -0.25) is 4.79 Å². The summed E-state index contributed by atoms with van der Waals surface area (Å²) in [5.74, 6) is 0.784. The van der Waals surface area contributed by atoms with Gasteiger partial charge in [-0.15, -0.1) is 0 Å². The van der Waals surface area contributed by atoms with Crippen molar-refractivity contribution in [2.24, 2.45) is 11.7 Å². The molecule has 0 aromatic rings. The van der Waals surface area contributed by atoms with E-state index in [1.807, 2.05) is 4.90 Å². The Morgan fingerprint density at radius 3 is 2.64 bits per heavy atom. The van der Waals surface area contributed by atoms with Gasteiger partial charge in [0.25, 0.3) is 0 Å². The Bertz CT molecular complexity index is 190. The van der Waals surface area contributed by atoms with E-state index in [4.69, 9.17) is 5.73 Å². The zero-order chi connectivity index (χ0) is 10.6. The number of nitrogens with two attached hydrogens (primary N) is 1. The molecule has 0 aliphatic heterocycles. The van der Waals surface area contributed by atoms with Gasteiger partial charge in [-0.25, -0.2) is 0 Å². The smallest absolute Gasteiger partial charge is 0.222 e. The van der Waals surface area contributed by atoms with Crippen LogP contribution in [0.5, 0.6) is 0 Å². The van der Waals surface area contributed by atoms with Crippen LogP contribution in [0.25, 0.3) is 0 Å². The Hall–Kier alpha value is -0.570. The normalized spacial score (nSPS) is 17.9. The third-order valence-electron chi connectivity index (χ3n) is 2.90. The maximum atomic E-state index is 11.8. The van der Waals surface area contributed by atoms with Crippen LogP contribution >= 0.6 is 0 Å². The van der Waals surface area contributed by atoms with Crippen molar-refractivity contribution in [3.8, 4) is 0 Å². The van der Waals surface area contributed by atoms with Gasteiger partial charge in [0, 0.05) is 19.0 Å². The second-order valence-corrected chi connectivity index (χ2v) is 4.29. The van der Waals surface area contributed by atoms with Crippen molar-refractivity contribution < 1.29 is 4.79 Å². The number of hydrogen-bond acceptors (Lipinski definition) is 2. The summed E-state index contributed by atoms with van der Waals surface area (Å²) in [6.07, 6.45) is 4.00. The van der Waals surface area contributed by atoms with Crippen LogP contribution in [0.3, 0.4) is 0 Å². The highest BCUT2D eigenvalue weighted by Crippen LogP contribution is 2.27. The zero-order valence-corrected chi connectivity index (χ0v) is 9.33. The maximum absolute atomic E-state index is 11.8. The van der Waals surface area contributed by atoms with E-state index in [0.29, 0.717) is 30.8 Å². The molecule has 1 atom stereocenters. The van der Waals surface area contributed by atoms with Crippen molar-refractivity contribution in [3.05, 3.63) is 0 Å². The summed E-state index contributed by atoms with van der Waals surface area (Å²) in [5, 5.41) is 0. The first-order valence-corrected chi connectivity index (χ1v) is 5.68. The largest absolute Gasteiger partial charge is 0.340 e. The molecule has 0 aromatic heterocycles. The van der Waals surface area contributed by atoms with Crippen LogP contribution in [0.2, 0.25) is 0 Å². The molecule has 1 aliphatic carbocycles. The molecule has 82 valence electrons. The summed E-state index contributed by atoms with van der Waals surface area (Å²) in [4.78, 5) is 13.8. The molecule has 0 spiro atoms. The lowest BCUT2D eigenvalue weighted by atomic mass is 10.1. The Labute approximate surface area is 86.6 Å². The topological polar surface area (TPSA) is 46.3 Å². The molecule has 0 bridgehead atoms. The third kappa shape index (κ3) is 3.29. The van der Waals surface area contributed by atoms with Crippen LogP contribution in [-0.4, -0.2) is 29.9 Å². The molecule has 1 unspecified atom stereocenters. The van der Waals surface area contributed by atoms with Crippen molar-refractivity contribution in [2.75, 3.05) is 13.1 Å². The summed E-state index contributed by atoms with van der Waals surface area (Å²) < 4.78 is 0. The standard InChI is InChI=1S/C11H22N2O/c1-3-13(10-5-6-10)11(14)7-4-9(2)8-12/h9-10H,3-8,12H2,1-2H3. The minimum Gasteiger partial charge on any atom is -0.340 e. The van der Waals surface area contributed by atoms with Crippen molar-refractivity contribution in [1.29, 1.82) is 0 Å². The van der Waals surface area contributed by atoms with Crippen LogP contribution in [0, 0.1) is 5.92 Å². The summed E-state index contributed by atoms with van der Waals surface area (Å²) in [6.45, 7) is 5.70. The molecule has 3 nitrogen and oxygen atoms in total. The summed E-state index contributed by atoms with van der Waals surface area (Å²) >= 11 is 0. The zero-order valence-electron chi connectivity index (χ0n) is 9.33. The number of rotatable bonds is 6. The molecule has 1 amide bonds. The molecular weight excluding hydrogens is 176 g/mol. The molecule has 1 saturated carbocycles. The van der Waals surface area contributed by atoms with E-state index in [1.54, 1.807) is 0 Å². The van der Waals surface area contributed by atoms with Crippen molar-refractivity contribution in [1.82, 2.24) is 4.90 Å². The van der Waals surface area contributed by atoms with E-state index in [-0.39, 0.29) is 0 Å². The summed E-state index contributed by atoms with van der Waals surface area (Å²) in [5.41, 5.74) is 5.51. The van der Waals surface area contributed by atoms with Gasteiger partial charge in [0.05, 0.1) is 0 Å². The predicted molar refractivity (Wildman–Crippen MR) is 57.9 cm³/mol. The molecule has 14 heavy (non-hydrogen) atoms. The lowest BCUT2D eigenvalue weighted by Crippen LogP contribution is -2.33. The molecule has 1 fully saturated rings. The Kier molecular flexibility index (Phi) is 4.39. The Morgan fingerprint density at radius 2 is 2.21 bits per heavy atom. The van der Waals surface area contributed by atoms with Gasteiger partial charge in [0.15, 0.2) is 0 Å². The fourth-order valence-corrected chi connectivity index (χ4v) is 1.66. The molecule has 2 N–H and O–H groups in total. The number of carbonyl (C=O) groups excluding carboxylic acids is 1. The van der Waals surface area contributed by atoms with Gasteiger partial charge >= 0.3 is 0 Å². The number of hydrogen-bond donors (Lipinski definition) is 1. The SMILES string of the molecule is CCN(C(=O)CCC(C)CN)C1CC1. The first-order valence-electron chi connectivity index (χ1n) is 5.68. The number of amides is 1. The predicted octanol–water partition coefficient (Wildman–Crippen LogP) is 1.37. The van der Waals surface area contributed by atoms with Gasteiger partial charge in [-0.2, -0.15) is 0 Å². The molecule has 0 heterocycles. The highest BCUT2D eigenvalue weighted by atomic mass is 16.2. The highest BCUT2D eigenvalue weighted by molar-refractivity contribution is 5.76. The third-order valence-corrected chi connectivity index (χ3v) is 2.90. The second-order valence-electron chi connectivity index (χ2n) is 4.29. The monoisotopic (exact) mass is 198 g/mol. The Morgan fingerprint density at radius 1 is 1.57 bits per heavy atom. The molecule has 1 aliphatic rings. The fourth-order valence-electron chi connectivity index (χ4n) is 1.66. The Balaban J connectivity index is 2.25. The minimum atomic E-state index is 0.315. The van der Waals surface area contributed by atoms with Crippen LogP contribution in [0.1, 0.15) is 39.5 Å². The maximum Gasteiger partial charge on any atom is 0.222 e. The quantitative estimate of drug-likeness (QED) is 0.700. The van der Waals surface area contributed by atoms with E-state index in [1.165, 1.54) is 12.8 Å². The summed E-state index contributed by atoms with van der Waals surface area (Å²) in [6, 6.07) is 0.556. The van der Waals surface area contributed by atoms with Crippen molar-refractivity contribution in [3.63, 3.8) is 0 Å². The molecular formula is C11H22N2O. The molecule has 1 rings (SSSR count). The second kappa shape index (κ2) is 5.35. The first kappa shape index (κ1) is 11.5. The molecule has 3 heteroatoms. The molecule has 0 saturated heterocycles. The lowest BCUT2D eigenvalue weighted by Gasteiger charge is -2.21. The first-order chi connectivity index (χ1) is 6.69. The van der Waals surface area contributed by atoms with Crippen LogP contribution in [0.15, 0.2) is 0 Å². The fraction of sp³-hybridized carbons (Fsp3) is 0.909. The summed E-state index contributed by atoms with van der Waals surface area (Å²) in [7, 11) is 0. The van der Waals surface area contributed by atoms with E-state index < -0.39 is 0 Å². The van der Waals surface area contributed by atoms with E-state index >= 15 is 0 Å². The van der Waals surface area contributed by atoms with Gasteiger partial charge < -0.3 is 10.6 Å². The lowest BCUT2D eigenvalue weighted by molar-refractivity contribution is -0.131. The van der Waals surface area contributed by atoms with Crippen LogP contribution in [0.4, 0.5) is 0 Å². The van der Waals surface area contributed by atoms with Crippen molar-refractivity contribution >= 4 is 5.91 Å². The number of nitrogens with zero attached hydrogens (tertiary/aromatic N) is 1. The van der Waals surface area contributed by atoms with Crippen LogP contribution < -0.4 is 5.73 Å². The van der Waals surface area contributed by atoms with Crippen molar-refractivity contribution in [2.45, 2.75) is 45.6 Å². The average Bonchev–Trinajstić information content (AvgIpc) is 2.99. The average molecular weight is 198 g/mol. The van der Waals surface area contributed by atoms with Crippen LogP contribution in [-0.2, 0) is 4.79 Å². The van der Waals surface area contributed by atoms with Gasteiger partial charge in [0.2, 0.25) is 5.91 Å². The van der Waals surface area contributed by atoms with E-state index in [2.05, 4.69) is 13.8 Å². The molecule has 0 radical (unpaired) electrons. The van der Waals surface area contributed by atoms with Gasteiger partial charge in [0.1, 0.15) is 0 Å². The van der Waals surface area contributed by atoms with Gasteiger partial charge in [-0.1, -0.05) is 6.92 Å². The van der Waals surface area contributed by atoms with Gasteiger partial charge in [-0.05, 0) is 38.6 Å². The minimum absolute atomic E-state index is 0.315. The van der Waals surface area contributed by atoms with E-state index in [9.17, 15) is 4.79 Å². The number of carbonyl (C=O) groups is 1. The molecule has 0 aromatic carbocycles. The highest BCUT2D eigenvalue weighted by Gasteiger charge is 2.30. The van der Waals surface area contributed by atoms with E-state index in [0.717, 1.165) is 13.0 Å².